The molecule has 0 bridgehead atoms. The van der Waals surface area contributed by atoms with Gasteiger partial charge in [0.1, 0.15) is 28.9 Å². The molecule has 2 aromatic rings. The van der Waals surface area contributed by atoms with Crippen molar-refractivity contribution in [2.75, 3.05) is 20.8 Å². The number of hydrogen-bond acceptors (Lipinski definition) is 7. The minimum atomic E-state index is -0.771. The molecule has 0 saturated carbocycles. The lowest BCUT2D eigenvalue weighted by molar-refractivity contribution is 0.272. The summed E-state index contributed by atoms with van der Waals surface area (Å²) in [6, 6.07) is 8.87. The second-order valence-electron chi connectivity index (χ2n) is 6.28. The van der Waals surface area contributed by atoms with E-state index in [1.165, 1.54) is 18.8 Å². The Balaban J connectivity index is 2.34. The lowest BCUT2D eigenvalue weighted by atomic mass is 9.83. The maximum absolute atomic E-state index is 13.2. The van der Waals surface area contributed by atoms with Crippen LogP contribution in [0.3, 0.4) is 0 Å². The number of aliphatic hydroxyl groups is 1. The van der Waals surface area contributed by atoms with Crippen LogP contribution in [0.4, 0.5) is 0 Å². The highest BCUT2D eigenvalue weighted by Crippen LogP contribution is 2.44. The molecule has 28 heavy (non-hydrogen) atoms. The molecule has 0 aliphatic carbocycles. The van der Waals surface area contributed by atoms with Gasteiger partial charge >= 0.3 is 0 Å². The van der Waals surface area contributed by atoms with Crippen LogP contribution in [-0.4, -0.2) is 30.5 Å². The zero-order valence-corrected chi connectivity index (χ0v) is 15.9. The predicted octanol–water partition coefficient (Wildman–Crippen LogP) is 1.38. The largest absolute Gasteiger partial charge is 0.497 e. The van der Waals surface area contributed by atoms with Crippen molar-refractivity contribution in [3.8, 4) is 23.3 Å². The van der Waals surface area contributed by atoms with Crippen LogP contribution in [0.1, 0.15) is 22.7 Å². The molecule has 0 amide bonds. The molecule has 8 heteroatoms. The van der Waals surface area contributed by atoms with E-state index in [4.69, 9.17) is 19.9 Å². The number of allylic oxidation sites excluding steroid dienone is 1. The lowest BCUT2D eigenvalue weighted by Gasteiger charge is -2.28. The van der Waals surface area contributed by atoms with Gasteiger partial charge in [-0.1, -0.05) is 6.07 Å². The van der Waals surface area contributed by atoms with Crippen molar-refractivity contribution in [1.29, 1.82) is 5.26 Å². The average Bonchev–Trinajstić information content (AvgIpc) is 2.69. The molecule has 3 rings (SSSR count). The first-order valence-electron chi connectivity index (χ1n) is 8.61. The lowest BCUT2D eigenvalue weighted by Crippen LogP contribution is -2.33. The van der Waals surface area contributed by atoms with Crippen LogP contribution in [-0.2, 0) is 6.54 Å². The number of nitrogens with zero attached hydrogens (tertiary/aromatic N) is 2. The van der Waals surface area contributed by atoms with Crippen molar-refractivity contribution in [2.45, 2.75) is 19.4 Å². The van der Waals surface area contributed by atoms with Gasteiger partial charge in [-0.05, 0) is 13.0 Å². The van der Waals surface area contributed by atoms with E-state index < -0.39 is 5.92 Å². The smallest absolute Gasteiger partial charge is 0.258 e. The summed E-state index contributed by atoms with van der Waals surface area (Å²) in [5.74, 6) is 0.483. The number of aliphatic hydroxyl groups excluding tert-OH is 1. The second-order valence-corrected chi connectivity index (χ2v) is 6.28. The maximum atomic E-state index is 13.2. The molecule has 3 N–H and O–H groups in total. The first kappa shape index (κ1) is 19.3. The van der Waals surface area contributed by atoms with E-state index in [9.17, 15) is 15.2 Å². The van der Waals surface area contributed by atoms with Gasteiger partial charge in [-0.2, -0.15) is 5.26 Å². The number of ether oxygens (including phenoxy) is 3. The summed E-state index contributed by atoms with van der Waals surface area (Å²) in [5.41, 5.74) is 7.24. The van der Waals surface area contributed by atoms with Crippen LogP contribution in [0, 0.1) is 18.3 Å². The van der Waals surface area contributed by atoms with E-state index >= 15 is 0 Å². The number of rotatable bonds is 5. The van der Waals surface area contributed by atoms with Gasteiger partial charge in [0, 0.05) is 29.9 Å². The van der Waals surface area contributed by atoms with Gasteiger partial charge in [0.25, 0.3) is 5.56 Å². The fraction of sp³-hybridized carbons (Fsp3) is 0.300. The monoisotopic (exact) mass is 383 g/mol. The van der Waals surface area contributed by atoms with Crippen LogP contribution in [0.2, 0.25) is 0 Å². The molecule has 1 aromatic carbocycles. The Bertz CT molecular complexity index is 1050. The Morgan fingerprint density at radius 3 is 2.68 bits per heavy atom. The zero-order chi connectivity index (χ0) is 20.4. The van der Waals surface area contributed by atoms with Gasteiger partial charge in [0.15, 0.2) is 0 Å². The zero-order valence-electron chi connectivity index (χ0n) is 15.9. The third-order valence-electron chi connectivity index (χ3n) is 4.77. The average molecular weight is 383 g/mol. The molecule has 0 radical (unpaired) electrons. The Hall–Kier alpha value is -3.44. The minimum absolute atomic E-state index is 0.0587. The number of pyridine rings is 1. The summed E-state index contributed by atoms with van der Waals surface area (Å²) in [7, 11) is 3.03. The quantitative estimate of drug-likeness (QED) is 0.800. The fourth-order valence-corrected chi connectivity index (χ4v) is 3.43. The number of methoxy groups -OCH3 is 2. The number of fused-ring (bicyclic) bond motifs is 1. The number of nitriles is 1. The molecule has 2 heterocycles. The molecule has 1 aliphatic rings. The summed E-state index contributed by atoms with van der Waals surface area (Å²) in [5, 5.41) is 19.0. The van der Waals surface area contributed by atoms with E-state index in [-0.39, 0.29) is 41.5 Å². The van der Waals surface area contributed by atoms with Crippen molar-refractivity contribution in [3.05, 3.63) is 62.9 Å². The highest BCUT2D eigenvalue weighted by Gasteiger charge is 2.36. The summed E-state index contributed by atoms with van der Waals surface area (Å²) in [6.07, 6.45) is 0. The van der Waals surface area contributed by atoms with E-state index in [1.807, 2.05) is 0 Å². The minimum Gasteiger partial charge on any atom is -0.497 e. The van der Waals surface area contributed by atoms with Gasteiger partial charge in [0.05, 0.1) is 32.3 Å². The number of aryl methyl sites for hydroxylation is 1. The van der Waals surface area contributed by atoms with Gasteiger partial charge in [-0.15, -0.1) is 0 Å². The van der Waals surface area contributed by atoms with Crippen LogP contribution in [0.5, 0.6) is 17.2 Å². The fourth-order valence-electron chi connectivity index (χ4n) is 3.43. The van der Waals surface area contributed by atoms with Crippen LogP contribution < -0.4 is 25.5 Å². The van der Waals surface area contributed by atoms with Gasteiger partial charge in [0.2, 0.25) is 5.88 Å². The topological polar surface area (TPSA) is 120 Å². The third kappa shape index (κ3) is 3.06. The van der Waals surface area contributed by atoms with E-state index in [2.05, 4.69) is 6.07 Å². The first-order chi connectivity index (χ1) is 13.5. The normalized spacial score (nSPS) is 15.5. The van der Waals surface area contributed by atoms with Crippen LogP contribution >= 0.6 is 0 Å². The molecule has 8 nitrogen and oxygen atoms in total. The Morgan fingerprint density at radius 2 is 2.07 bits per heavy atom. The third-order valence-corrected chi connectivity index (χ3v) is 4.77. The standard InChI is InChI=1S/C20H21N3O5/c1-11-8-16-18(20(25)23(11)6-7-24)17(14(10-21)19(22)28-16)13-5-4-12(26-2)9-15(13)27-3/h4-5,8-9,17,24H,6-7,22H2,1-3H3/t17-/m1/s1. The van der Waals surface area contributed by atoms with Crippen molar-refractivity contribution in [1.82, 2.24) is 4.57 Å². The molecule has 1 aliphatic heterocycles. The molecular formula is C20H21N3O5. The van der Waals surface area contributed by atoms with Gasteiger partial charge in [-0.3, -0.25) is 4.79 Å². The molecule has 1 atom stereocenters. The summed E-state index contributed by atoms with van der Waals surface area (Å²) in [4.78, 5) is 13.2. The van der Waals surface area contributed by atoms with E-state index in [0.29, 0.717) is 22.8 Å². The molecule has 0 spiro atoms. The van der Waals surface area contributed by atoms with Crippen molar-refractivity contribution in [2.24, 2.45) is 5.73 Å². The Morgan fingerprint density at radius 1 is 1.32 bits per heavy atom. The molecule has 0 fully saturated rings. The van der Waals surface area contributed by atoms with Gasteiger partial charge in [-0.25, -0.2) is 0 Å². The predicted molar refractivity (Wildman–Crippen MR) is 101 cm³/mol. The Kier molecular flexibility index (Phi) is 5.29. The SMILES string of the molecule is COc1ccc([C@@H]2C(C#N)=C(N)Oc3cc(C)n(CCO)c(=O)c32)c(OC)c1. The van der Waals surface area contributed by atoms with E-state index in [1.54, 1.807) is 31.2 Å². The second kappa shape index (κ2) is 7.66. The summed E-state index contributed by atoms with van der Waals surface area (Å²) >= 11 is 0. The van der Waals surface area contributed by atoms with Crippen molar-refractivity contribution >= 4 is 0 Å². The van der Waals surface area contributed by atoms with E-state index in [0.717, 1.165) is 0 Å². The molecule has 0 unspecified atom stereocenters. The highest BCUT2D eigenvalue weighted by molar-refractivity contribution is 5.59. The molecule has 1 aromatic heterocycles. The summed E-state index contributed by atoms with van der Waals surface area (Å²) < 4.78 is 17.8. The Labute approximate surface area is 162 Å². The van der Waals surface area contributed by atoms with Crippen molar-refractivity contribution < 1.29 is 19.3 Å². The van der Waals surface area contributed by atoms with Crippen LogP contribution in [0.25, 0.3) is 0 Å². The van der Waals surface area contributed by atoms with Crippen LogP contribution in [0.15, 0.2) is 40.5 Å². The van der Waals surface area contributed by atoms with Gasteiger partial charge < -0.3 is 29.6 Å². The number of nitrogens with two attached hydrogens (primary N) is 1. The molecule has 0 saturated heterocycles. The molecular weight excluding hydrogens is 362 g/mol. The first-order valence-corrected chi connectivity index (χ1v) is 8.61. The number of hydrogen-bond donors (Lipinski definition) is 2. The number of aromatic nitrogens is 1. The summed E-state index contributed by atoms with van der Waals surface area (Å²) in [6.45, 7) is 1.68. The highest BCUT2D eigenvalue weighted by atomic mass is 16.5. The molecule has 146 valence electrons. The number of benzene rings is 1. The van der Waals surface area contributed by atoms with Crippen molar-refractivity contribution in [3.63, 3.8) is 0 Å². The maximum Gasteiger partial charge on any atom is 0.258 e.